The Kier molecular flexibility index (Phi) is 11.6. The van der Waals surface area contributed by atoms with E-state index in [1.165, 1.54) is 51.8 Å². The molecule has 1 N–H and O–H groups in total. The molecule has 0 heterocycles. The number of allylic oxidation sites excluding steroid dienone is 1. The molecule has 0 amide bonds. The molecular formula is C16H34OSn. The molecule has 18 heavy (non-hydrogen) atoms. The Morgan fingerprint density at radius 3 is 1.56 bits per heavy atom. The molecule has 0 aliphatic heterocycles. The second-order valence-corrected chi connectivity index (χ2v) is 19.4. The van der Waals surface area contributed by atoms with Crippen molar-refractivity contribution in [1.82, 2.24) is 0 Å². The molecule has 0 saturated carbocycles. The van der Waals surface area contributed by atoms with Gasteiger partial charge in [0.05, 0.1) is 0 Å². The molecule has 0 aromatic heterocycles. The maximum absolute atomic E-state index is 10.6. The zero-order chi connectivity index (χ0) is 13.9. The first kappa shape index (κ1) is 18.5. The third kappa shape index (κ3) is 6.60. The number of aliphatic hydroxyl groups is 1. The monoisotopic (exact) mass is 362 g/mol. The van der Waals surface area contributed by atoms with Gasteiger partial charge in [-0.2, -0.15) is 0 Å². The quantitative estimate of drug-likeness (QED) is 0.391. The number of hydrogen-bond acceptors (Lipinski definition) is 1. The number of rotatable bonds is 11. The summed E-state index contributed by atoms with van der Waals surface area (Å²) in [5.41, 5.74) is 0. The van der Waals surface area contributed by atoms with Gasteiger partial charge < -0.3 is 0 Å². The minimum absolute atomic E-state index is 0.0473. The van der Waals surface area contributed by atoms with Gasteiger partial charge in [0.25, 0.3) is 0 Å². The third-order valence-electron chi connectivity index (χ3n) is 4.09. The van der Waals surface area contributed by atoms with E-state index in [-0.39, 0.29) is 4.12 Å². The van der Waals surface area contributed by atoms with Crippen LogP contribution < -0.4 is 0 Å². The van der Waals surface area contributed by atoms with Crippen LogP contribution in [0, 0.1) is 0 Å². The SMILES string of the molecule is CC=C[CH](O)[Sn]([CH2]CCC)([CH2]CCC)[CH2]CCC. The van der Waals surface area contributed by atoms with Crippen molar-refractivity contribution in [2.45, 2.75) is 83.6 Å². The van der Waals surface area contributed by atoms with Gasteiger partial charge in [-0.1, -0.05) is 0 Å². The van der Waals surface area contributed by atoms with Gasteiger partial charge >= 0.3 is 119 Å². The Morgan fingerprint density at radius 1 is 0.889 bits per heavy atom. The first-order valence-corrected chi connectivity index (χ1v) is 15.7. The van der Waals surface area contributed by atoms with Crippen molar-refractivity contribution >= 4 is 18.4 Å². The van der Waals surface area contributed by atoms with Gasteiger partial charge in [0.15, 0.2) is 0 Å². The van der Waals surface area contributed by atoms with Crippen LogP contribution in [-0.4, -0.2) is 27.6 Å². The zero-order valence-corrected chi connectivity index (χ0v) is 15.9. The fraction of sp³-hybridized carbons (Fsp3) is 0.875. The predicted molar refractivity (Wildman–Crippen MR) is 85.7 cm³/mol. The molecule has 0 spiro atoms. The van der Waals surface area contributed by atoms with E-state index in [1.54, 1.807) is 0 Å². The fourth-order valence-electron chi connectivity index (χ4n) is 2.79. The van der Waals surface area contributed by atoms with E-state index in [2.05, 4.69) is 32.9 Å². The summed E-state index contributed by atoms with van der Waals surface area (Å²) in [6.07, 6.45) is 12.0. The van der Waals surface area contributed by atoms with E-state index in [1.807, 2.05) is 6.92 Å². The summed E-state index contributed by atoms with van der Waals surface area (Å²) < 4.78 is 4.11. The molecule has 0 bridgehead atoms. The van der Waals surface area contributed by atoms with E-state index in [4.69, 9.17) is 0 Å². The first-order valence-electron chi connectivity index (χ1n) is 7.97. The van der Waals surface area contributed by atoms with Crippen LogP contribution in [0.1, 0.15) is 66.2 Å². The maximum atomic E-state index is 10.6. The van der Waals surface area contributed by atoms with Crippen molar-refractivity contribution in [2.24, 2.45) is 0 Å². The average molecular weight is 361 g/mol. The van der Waals surface area contributed by atoms with Crippen molar-refractivity contribution in [1.29, 1.82) is 0 Å². The molecule has 1 atom stereocenters. The summed E-state index contributed by atoms with van der Waals surface area (Å²) >= 11 is -2.36. The Balaban J connectivity index is 4.83. The van der Waals surface area contributed by atoms with E-state index in [0.29, 0.717) is 0 Å². The Labute approximate surface area is 119 Å². The molecular weight excluding hydrogens is 327 g/mol. The second-order valence-electron chi connectivity index (χ2n) is 5.64. The van der Waals surface area contributed by atoms with Crippen molar-refractivity contribution in [3.8, 4) is 0 Å². The van der Waals surface area contributed by atoms with Crippen LogP contribution in [0.15, 0.2) is 12.2 Å². The number of unbranched alkanes of at least 4 members (excludes halogenated alkanes) is 3. The molecule has 0 aliphatic carbocycles. The summed E-state index contributed by atoms with van der Waals surface area (Å²) in [5, 5.41) is 10.6. The summed E-state index contributed by atoms with van der Waals surface area (Å²) in [6.45, 7) is 8.87. The summed E-state index contributed by atoms with van der Waals surface area (Å²) in [7, 11) is 0. The van der Waals surface area contributed by atoms with E-state index < -0.39 is 18.4 Å². The fourth-order valence-corrected chi connectivity index (χ4v) is 18.2. The van der Waals surface area contributed by atoms with Gasteiger partial charge in [-0.05, 0) is 0 Å². The van der Waals surface area contributed by atoms with Crippen LogP contribution in [0.25, 0.3) is 0 Å². The molecule has 108 valence electrons. The van der Waals surface area contributed by atoms with Gasteiger partial charge in [-0.25, -0.2) is 0 Å². The molecule has 0 saturated heterocycles. The van der Waals surface area contributed by atoms with E-state index >= 15 is 0 Å². The molecule has 0 aromatic rings. The normalized spacial score (nSPS) is 14.3. The van der Waals surface area contributed by atoms with Gasteiger partial charge in [0.2, 0.25) is 0 Å². The second kappa shape index (κ2) is 11.3. The Hall–Kier alpha value is 0.499. The first-order chi connectivity index (χ1) is 8.66. The summed E-state index contributed by atoms with van der Waals surface area (Å²) in [5.74, 6) is 0. The summed E-state index contributed by atoms with van der Waals surface area (Å²) in [4.78, 5) is 0. The van der Waals surface area contributed by atoms with Gasteiger partial charge in [-0.3, -0.25) is 0 Å². The van der Waals surface area contributed by atoms with Gasteiger partial charge in [0, 0.05) is 0 Å². The standard InChI is InChI=1S/C4H7O.3C4H9.Sn/c1-2-3-4-5;3*1-3-4-2;/h2-5H,1H3;3*1,3-4H2,2H3;. The van der Waals surface area contributed by atoms with Gasteiger partial charge in [-0.15, -0.1) is 0 Å². The van der Waals surface area contributed by atoms with Crippen LogP contribution in [-0.2, 0) is 0 Å². The molecule has 0 aromatic carbocycles. The number of aliphatic hydroxyl groups excluding tert-OH is 1. The van der Waals surface area contributed by atoms with Crippen LogP contribution >= 0.6 is 0 Å². The molecule has 1 nitrogen and oxygen atoms in total. The molecule has 0 fully saturated rings. The molecule has 1 unspecified atom stereocenters. The van der Waals surface area contributed by atoms with Crippen molar-refractivity contribution in [2.75, 3.05) is 0 Å². The Bertz CT molecular complexity index is 191. The predicted octanol–water partition coefficient (Wildman–Crippen LogP) is 5.31. The molecule has 0 aliphatic rings. The van der Waals surface area contributed by atoms with E-state index in [0.717, 1.165) is 0 Å². The molecule has 0 radical (unpaired) electrons. The Morgan fingerprint density at radius 2 is 1.28 bits per heavy atom. The summed E-state index contributed by atoms with van der Waals surface area (Å²) in [6, 6.07) is 0. The minimum atomic E-state index is -2.36. The van der Waals surface area contributed by atoms with Crippen LogP contribution in [0.5, 0.6) is 0 Å². The van der Waals surface area contributed by atoms with Crippen LogP contribution in [0.2, 0.25) is 13.3 Å². The van der Waals surface area contributed by atoms with Crippen molar-refractivity contribution < 1.29 is 5.11 Å². The molecule has 2 heteroatoms. The number of hydrogen-bond donors (Lipinski definition) is 1. The molecule has 0 rings (SSSR count). The van der Waals surface area contributed by atoms with E-state index in [9.17, 15) is 5.11 Å². The zero-order valence-electron chi connectivity index (χ0n) is 13.0. The van der Waals surface area contributed by atoms with Crippen molar-refractivity contribution in [3.05, 3.63) is 12.2 Å². The topological polar surface area (TPSA) is 20.2 Å². The van der Waals surface area contributed by atoms with Crippen molar-refractivity contribution in [3.63, 3.8) is 0 Å². The third-order valence-corrected chi connectivity index (χ3v) is 19.8. The van der Waals surface area contributed by atoms with Crippen LogP contribution in [0.3, 0.4) is 0 Å². The van der Waals surface area contributed by atoms with Crippen LogP contribution in [0.4, 0.5) is 0 Å². The van der Waals surface area contributed by atoms with Gasteiger partial charge in [0.1, 0.15) is 0 Å². The average Bonchev–Trinajstić information content (AvgIpc) is 2.38.